The maximum Gasteiger partial charge on any atom is 0.286 e. The van der Waals surface area contributed by atoms with Crippen LogP contribution in [0.3, 0.4) is 0 Å². The molecule has 0 saturated carbocycles. The molecule has 7 heteroatoms. The van der Waals surface area contributed by atoms with E-state index in [0.717, 1.165) is 19.0 Å². The molecule has 1 amide bonds. The zero-order chi connectivity index (χ0) is 15.0. The third-order valence-corrected chi connectivity index (χ3v) is 4.43. The highest BCUT2D eigenvalue weighted by atomic mass is 32.2. The van der Waals surface area contributed by atoms with E-state index in [4.69, 9.17) is 5.73 Å². The maximum absolute atomic E-state index is 13.2. The van der Waals surface area contributed by atoms with Crippen LogP contribution in [0.15, 0.2) is 28.1 Å². The number of halogens is 1. The first-order valence-electron chi connectivity index (χ1n) is 6.54. The minimum Gasteiger partial charge on any atom is -0.507 e. The highest BCUT2D eigenvalue weighted by Gasteiger charge is 2.30. The van der Waals surface area contributed by atoms with Crippen molar-refractivity contribution in [3.63, 3.8) is 0 Å². The fourth-order valence-corrected chi connectivity index (χ4v) is 3.22. The fourth-order valence-electron chi connectivity index (χ4n) is 2.28. The predicted octanol–water partition coefficient (Wildman–Crippen LogP) is 1.53. The lowest BCUT2D eigenvalue weighted by Gasteiger charge is -2.15. The van der Waals surface area contributed by atoms with Crippen LogP contribution in [0.2, 0.25) is 0 Å². The second-order valence-corrected chi connectivity index (χ2v) is 6.02. The summed E-state index contributed by atoms with van der Waals surface area (Å²) in [4.78, 5) is 18.3. The van der Waals surface area contributed by atoms with Crippen molar-refractivity contribution < 1.29 is 14.3 Å². The van der Waals surface area contributed by atoms with E-state index in [2.05, 4.69) is 4.99 Å². The number of likely N-dealkylation sites (tertiary alicyclic amines) is 1. The molecule has 5 nitrogen and oxygen atoms in total. The first kappa shape index (κ1) is 14.1. The number of carbonyl (C=O) groups is 1. The third kappa shape index (κ3) is 2.93. The van der Waals surface area contributed by atoms with Crippen LogP contribution in [0.1, 0.15) is 12.0 Å². The topological polar surface area (TPSA) is 78.9 Å². The van der Waals surface area contributed by atoms with Crippen molar-refractivity contribution >= 4 is 28.9 Å². The van der Waals surface area contributed by atoms with Gasteiger partial charge in [0.05, 0.1) is 4.91 Å². The summed E-state index contributed by atoms with van der Waals surface area (Å²) in [5.74, 6) is -0.921. The van der Waals surface area contributed by atoms with Crippen LogP contribution in [-0.2, 0) is 4.79 Å². The summed E-state index contributed by atoms with van der Waals surface area (Å²) >= 11 is 1.23. The molecule has 0 aromatic heterocycles. The average Bonchev–Trinajstić information content (AvgIpc) is 3.01. The van der Waals surface area contributed by atoms with Gasteiger partial charge in [-0.2, -0.15) is 4.99 Å². The van der Waals surface area contributed by atoms with Crippen molar-refractivity contribution in [2.75, 3.05) is 13.1 Å². The Kier molecular flexibility index (Phi) is 3.69. The average molecular weight is 307 g/mol. The SMILES string of the molecule is N[C@H]1CCN(C2=NC(=O)/C(=C/c3cc(F)ccc3O)S2)C1. The molecule has 2 aliphatic heterocycles. The van der Waals surface area contributed by atoms with Gasteiger partial charge in [-0.1, -0.05) is 0 Å². The summed E-state index contributed by atoms with van der Waals surface area (Å²) in [6.45, 7) is 1.45. The smallest absolute Gasteiger partial charge is 0.286 e. The van der Waals surface area contributed by atoms with Crippen LogP contribution in [0, 0.1) is 5.82 Å². The molecule has 21 heavy (non-hydrogen) atoms. The molecule has 0 aliphatic carbocycles. The Morgan fingerprint density at radius 2 is 2.33 bits per heavy atom. The highest BCUT2D eigenvalue weighted by molar-refractivity contribution is 8.18. The van der Waals surface area contributed by atoms with Gasteiger partial charge in [-0.3, -0.25) is 4.79 Å². The predicted molar refractivity (Wildman–Crippen MR) is 80.2 cm³/mol. The molecular formula is C14H14FN3O2S. The van der Waals surface area contributed by atoms with Crippen LogP contribution in [0.5, 0.6) is 5.75 Å². The summed E-state index contributed by atoms with van der Waals surface area (Å²) in [7, 11) is 0. The van der Waals surface area contributed by atoms with E-state index in [1.54, 1.807) is 0 Å². The molecule has 1 aromatic carbocycles. The Bertz CT molecular complexity index is 660. The number of benzene rings is 1. The van der Waals surface area contributed by atoms with Gasteiger partial charge in [-0.25, -0.2) is 4.39 Å². The van der Waals surface area contributed by atoms with Crippen LogP contribution < -0.4 is 5.73 Å². The second-order valence-electron chi connectivity index (χ2n) is 5.01. The summed E-state index contributed by atoms with van der Waals surface area (Å²) in [5.41, 5.74) is 6.11. The van der Waals surface area contributed by atoms with E-state index >= 15 is 0 Å². The van der Waals surface area contributed by atoms with Crippen molar-refractivity contribution in [1.82, 2.24) is 4.90 Å². The molecule has 110 valence electrons. The van der Waals surface area contributed by atoms with Gasteiger partial charge in [-0.15, -0.1) is 0 Å². The molecule has 0 bridgehead atoms. The Labute approximate surface area is 125 Å². The van der Waals surface area contributed by atoms with Crippen LogP contribution >= 0.6 is 11.8 Å². The molecule has 3 N–H and O–H groups in total. The van der Waals surface area contributed by atoms with Gasteiger partial charge in [0.25, 0.3) is 5.91 Å². The summed E-state index contributed by atoms with van der Waals surface area (Å²) in [6.07, 6.45) is 2.33. The Morgan fingerprint density at radius 1 is 1.52 bits per heavy atom. The maximum atomic E-state index is 13.2. The zero-order valence-electron chi connectivity index (χ0n) is 11.1. The quantitative estimate of drug-likeness (QED) is 0.769. The number of aromatic hydroxyl groups is 1. The molecule has 0 radical (unpaired) electrons. The normalized spacial score (nSPS) is 24.0. The number of carbonyl (C=O) groups excluding carboxylic acids is 1. The number of hydrogen-bond donors (Lipinski definition) is 2. The number of thioether (sulfide) groups is 1. The monoisotopic (exact) mass is 307 g/mol. The molecule has 1 aromatic rings. The van der Waals surface area contributed by atoms with E-state index in [1.807, 2.05) is 4.90 Å². The summed E-state index contributed by atoms with van der Waals surface area (Å²) in [6, 6.07) is 3.70. The molecule has 2 heterocycles. The molecule has 1 atom stereocenters. The van der Waals surface area contributed by atoms with Crippen molar-refractivity contribution in [2.45, 2.75) is 12.5 Å². The number of amides is 1. The number of amidine groups is 1. The highest BCUT2D eigenvalue weighted by Crippen LogP contribution is 2.33. The number of rotatable bonds is 1. The molecule has 1 saturated heterocycles. The lowest BCUT2D eigenvalue weighted by molar-refractivity contribution is -0.113. The summed E-state index contributed by atoms with van der Waals surface area (Å²) in [5, 5.41) is 10.3. The lowest BCUT2D eigenvalue weighted by atomic mass is 10.2. The molecule has 2 aliphatic rings. The van der Waals surface area contributed by atoms with Gasteiger partial charge in [0.1, 0.15) is 11.6 Å². The van der Waals surface area contributed by atoms with Crippen molar-refractivity contribution in [3.8, 4) is 5.75 Å². The summed E-state index contributed by atoms with van der Waals surface area (Å²) < 4.78 is 13.2. The minimum absolute atomic E-state index is 0.0751. The van der Waals surface area contributed by atoms with Gasteiger partial charge in [0.15, 0.2) is 5.17 Å². The van der Waals surface area contributed by atoms with E-state index in [1.165, 1.54) is 30.0 Å². The number of phenolic OH excluding ortho intramolecular Hbond substituents is 1. The van der Waals surface area contributed by atoms with Crippen LogP contribution in [-0.4, -0.2) is 40.2 Å². The fraction of sp³-hybridized carbons (Fsp3) is 0.286. The molecule has 3 rings (SSSR count). The first-order valence-corrected chi connectivity index (χ1v) is 7.36. The van der Waals surface area contributed by atoms with E-state index in [9.17, 15) is 14.3 Å². The molecule has 1 fully saturated rings. The Hall–Kier alpha value is -1.86. The Balaban J connectivity index is 1.81. The standard InChI is InChI=1S/C14H14FN3O2S/c15-9-1-2-11(19)8(5-9)6-12-13(20)17-14(21-12)18-4-3-10(16)7-18/h1-2,5-6,10,19H,3-4,7,16H2/b12-6-/t10-/m0/s1. The van der Waals surface area contributed by atoms with Crippen LogP contribution in [0.25, 0.3) is 6.08 Å². The van der Waals surface area contributed by atoms with Gasteiger partial charge in [0.2, 0.25) is 0 Å². The zero-order valence-corrected chi connectivity index (χ0v) is 11.9. The molecular weight excluding hydrogens is 293 g/mol. The number of nitrogens with zero attached hydrogens (tertiary/aromatic N) is 2. The van der Waals surface area contributed by atoms with Gasteiger partial charge >= 0.3 is 0 Å². The molecule has 0 spiro atoms. The number of phenols is 1. The van der Waals surface area contributed by atoms with Crippen molar-refractivity contribution in [3.05, 3.63) is 34.5 Å². The number of hydrogen-bond acceptors (Lipinski definition) is 5. The number of aliphatic imine (C=N–C) groups is 1. The largest absolute Gasteiger partial charge is 0.507 e. The van der Waals surface area contributed by atoms with Crippen molar-refractivity contribution in [1.29, 1.82) is 0 Å². The van der Waals surface area contributed by atoms with E-state index in [0.29, 0.717) is 16.6 Å². The van der Waals surface area contributed by atoms with Crippen LogP contribution in [0.4, 0.5) is 4.39 Å². The van der Waals surface area contributed by atoms with E-state index < -0.39 is 5.82 Å². The van der Waals surface area contributed by atoms with Gasteiger partial charge in [-0.05, 0) is 42.5 Å². The molecule has 0 unspecified atom stereocenters. The van der Waals surface area contributed by atoms with E-state index in [-0.39, 0.29) is 23.3 Å². The van der Waals surface area contributed by atoms with Crippen molar-refractivity contribution in [2.24, 2.45) is 10.7 Å². The Morgan fingerprint density at radius 3 is 3.05 bits per heavy atom. The van der Waals surface area contributed by atoms with Gasteiger partial charge < -0.3 is 15.7 Å². The van der Waals surface area contributed by atoms with Gasteiger partial charge in [0, 0.05) is 24.7 Å². The third-order valence-electron chi connectivity index (χ3n) is 3.38. The lowest BCUT2D eigenvalue weighted by Crippen LogP contribution is -2.29. The number of nitrogens with two attached hydrogens (primary N) is 1. The minimum atomic E-state index is -0.471. The first-order chi connectivity index (χ1) is 10.0. The second kappa shape index (κ2) is 5.50.